The van der Waals surface area contributed by atoms with E-state index in [1.165, 1.54) is 19.2 Å². The number of nitrogens with zero attached hydrogens (tertiary/aromatic N) is 2. The summed E-state index contributed by atoms with van der Waals surface area (Å²) in [6.07, 6.45) is 7.17. The van der Waals surface area contributed by atoms with E-state index in [1.807, 2.05) is 35.8 Å². The lowest BCUT2D eigenvalue weighted by Gasteiger charge is -2.09. The average molecular weight is 417 g/mol. The number of carbonyl (C=O) groups excluding carboxylic acids is 3. The Morgan fingerprint density at radius 3 is 2.77 bits per heavy atom. The Hall–Kier alpha value is -4.25. The largest absolute Gasteiger partial charge is 0.463 e. The van der Waals surface area contributed by atoms with Crippen LogP contribution in [0.3, 0.4) is 0 Å². The van der Waals surface area contributed by atoms with Gasteiger partial charge in [0.15, 0.2) is 0 Å². The zero-order valence-electron chi connectivity index (χ0n) is 17.0. The number of methoxy groups -OCH3 is 1. The first-order chi connectivity index (χ1) is 14.9. The van der Waals surface area contributed by atoms with Gasteiger partial charge < -0.3 is 19.0 Å². The van der Waals surface area contributed by atoms with E-state index in [-0.39, 0.29) is 23.8 Å². The van der Waals surface area contributed by atoms with Gasteiger partial charge in [-0.1, -0.05) is 24.1 Å². The van der Waals surface area contributed by atoms with Crippen LogP contribution in [0.25, 0.3) is 17.0 Å². The summed E-state index contributed by atoms with van der Waals surface area (Å²) in [5.74, 6) is 1.80. The lowest BCUT2D eigenvalue weighted by molar-refractivity contribution is -0.123. The molecule has 2 aromatic heterocycles. The van der Waals surface area contributed by atoms with Crippen molar-refractivity contribution in [2.45, 2.75) is 20.0 Å². The van der Waals surface area contributed by atoms with Gasteiger partial charge in [0.25, 0.3) is 5.91 Å². The van der Waals surface area contributed by atoms with Gasteiger partial charge in [-0.05, 0) is 31.2 Å². The van der Waals surface area contributed by atoms with Crippen molar-refractivity contribution < 1.29 is 23.5 Å². The number of furan rings is 1. The summed E-state index contributed by atoms with van der Waals surface area (Å²) in [6.45, 7) is 2.19. The van der Waals surface area contributed by atoms with Crippen molar-refractivity contribution >= 4 is 34.9 Å². The molecule has 8 heteroatoms. The van der Waals surface area contributed by atoms with Crippen LogP contribution in [0.2, 0.25) is 0 Å². The second-order valence-corrected chi connectivity index (χ2v) is 6.94. The minimum absolute atomic E-state index is 0.00253. The van der Waals surface area contributed by atoms with Crippen molar-refractivity contribution in [2.24, 2.45) is 0 Å². The van der Waals surface area contributed by atoms with Gasteiger partial charge in [0.2, 0.25) is 5.76 Å². The van der Waals surface area contributed by atoms with Gasteiger partial charge in [-0.15, -0.1) is 6.42 Å². The third kappa shape index (κ3) is 3.46. The number of ether oxygens (including phenoxy) is 1. The van der Waals surface area contributed by atoms with Gasteiger partial charge in [0.1, 0.15) is 11.5 Å². The molecule has 0 bridgehead atoms. The van der Waals surface area contributed by atoms with Gasteiger partial charge in [0, 0.05) is 22.2 Å². The van der Waals surface area contributed by atoms with Gasteiger partial charge in [-0.25, -0.2) is 9.59 Å². The number of aromatic nitrogens is 1. The van der Waals surface area contributed by atoms with Crippen molar-refractivity contribution in [2.75, 3.05) is 7.11 Å². The van der Waals surface area contributed by atoms with E-state index in [1.54, 1.807) is 6.08 Å². The Bertz CT molecular complexity index is 1290. The highest BCUT2D eigenvalue weighted by Crippen LogP contribution is 2.29. The second-order valence-electron chi connectivity index (χ2n) is 6.94. The fraction of sp³-hybridized carbons (Fsp3) is 0.174. The molecule has 1 fully saturated rings. The third-order valence-corrected chi connectivity index (χ3v) is 5.14. The lowest BCUT2D eigenvalue weighted by atomic mass is 10.1. The highest BCUT2D eigenvalue weighted by molar-refractivity contribution is 6.14. The number of terminal acetylenes is 1. The minimum Gasteiger partial charge on any atom is -0.463 e. The van der Waals surface area contributed by atoms with Crippen molar-refractivity contribution in [1.82, 2.24) is 14.8 Å². The monoisotopic (exact) mass is 417 g/mol. The molecule has 1 aliphatic rings. The van der Waals surface area contributed by atoms with Crippen LogP contribution < -0.4 is 5.32 Å². The Kier molecular flexibility index (Phi) is 5.09. The third-order valence-electron chi connectivity index (χ3n) is 5.14. The number of hydrogen-bond acceptors (Lipinski definition) is 5. The highest BCUT2D eigenvalue weighted by atomic mass is 16.5. The van der Waals surface area contributed by atoms with E-state index < -0.39 is 17.9 Å². The molecular formula is C23H19N3O5. The molecule has 1 saturated heterocycles. The van der Waals surface area contributed by atoms with Crippen LogP contribution in [-0.2, 0) is 22.6 Å². The molecule has 1 aliphatic heterocycles. The number of rotatable bonds is 5. The maximum absolute atomic E-state index is 12.9. The van der Waals surface area contributed by atoms with Crippen LogP contribution in [0.15, 0.2) is 46.5 Å². The zero-order valence-corrected chi connectivity index (χ0v) is 17.0. The number of urea groups is 1. The second kappa shape index (κ2) is 7.88. The van der Waals surface area contributed by atoms with E-state index >= 15 is 0 Å². The smallest absolute Gasteiger partial charge is 0.373 e. The summed E-state index contributed by atoms with van der Waals surface area (Å²) >= 11 is 0. The molecule has 31 heavy (non-hydrogen) atoms. The number of carbonyl (C=O) groups is 3. The predicted molar refractivity (Wildman–Crippen MR) is 113 cm³/mol. The van der Waals surface area contributed by atoms with Crippen LogP contribution in [0.1, 0.15) is 27.6 Å². The average Bonchev–Trinajstić information content (AvgIpc) is 3.42. The van der Waals surface area contributed by atoms with Gasteiger partial charge in [-0.3, -0.25) is 9.69 Å². The van der Waals surface area contributed by atoms with E-state index in [9.17, 15) is 14.4 Å². The number of esters is 1. The summed E-state index contributed by atoms with van der Waals surface area (Å²) in [6, 6.07) is 10.1. The normalized spacial score (nSPS) is 14.9. The maximum atomic E-state index is 12.9. The SMILES string of the molecule is C#CCn1c(C)c(/C=C2\NC(=O)N(Cc3ccc(C(=O)OC)o3)C2=O)c2ccccc21. The maximum Gasteiger partial charge on any atom is 0.373 e. The minimum atomic E-state index is -0.636. The topological polar surface area (TPSA) is 93.8 Å². The van der Waals surface area contributed by atoms with Crippen LogP contribution in [0.4, 0.5) is 4.79 Å². The molecule has 0 radical (unpaired) electrons. The fourth-order valence-electron chi connectivity index (χ4n) is 3.62. The first-order valence-electron chi connectivity index (χ1n) is 9.47. The van der Waals surface area contributed by atoms with E-state index in [4.69, 9.17) is 10.8 Å². The van der Waals surface area contributed by atoms with Gasteiger partial charge >= 0.3 is 12.0 Å². The fourth-order valence-corrected chi connectivity index (χ4v) is 3.62. The molecule has 3 amide bonds. The van der Waals surface area contributed by atoms with Crippen LogP contribution in [0, 0.1) is 19.3 Å². The molecule has 0 unspecified atom stereocenters. The lowest BCUT2D eigenvalue weighted by Crippen LogP contribution is -2.30. The van der Waals surface area contributed by atoms with E-state index in [0.717, 1.165) is 27.1 Å². The number of benzene rings is 1. The number of nitrogens with one attached hydrogen (secondary N) is 1. The highest BCUT2D eigenvalue weighted by Gasteiger charge is 2.34. The quantitative estimate of drug-likeness (QED) is 0.298. The number of fused-ring (bicyclic) bond motifs is 1. The van der Waals surface area contributed by atoms with Crippen molar-refractivity contribution in [3.05, 3.63) is 64.9 Å². The summed E-state index contributed by atoms with van der Waals surface area (Å²) in [4.78, 5) is 37.9. The first kappa shape index (κ1) is 20.0. The zero-order chi connectivity index (χ0) is 22.1. The van der Waals surface area contributed by atoms with Crippen molar-refractivity contribution in [1.29, 1.82) is 0 Å². The van der Waals surface area contributed by atoms with Crippen LogP contribution in [-0.4, -0.2) is 34.5 Å². The molecule has 0 spiro atoms. The molecule has 0 atom stereocenters. The van der Waals surface area contributed by atoms with Crippen molar-refractivity contribution in [3.63, 3.8) is 0 Å². The Labute approximate surface area is 178 Å². The Balaban J connectivity index is 1.65. The van der Waals surface area contributed by atoms with Gasteiger partial charge in [0.05, 0.1) is 20.2 Å². The van der Waals surface area contributed by atoms with Crippen molar-refractivity contribution in [3.8, 4) is 12.3 Å². The summed E-state index contributed by atoms with van der Waals surface area (Å²) in [5, 5.41) is 3.54. The van der Waals surface area contributed by atoms with Gasteiger partial charge in [-0.2, -0.15) is 0 Å². The molecule has 3 heterocycles. The molecule has 0 aliphatic carbocycles. The molecular weight excluding hydrogens is 398 g/mol. The molecule has 1 aromatic carbocycles. The molecule has 156 valence electrons. The number of amides is 3. The van der Waals surface area contributed by atoms with E-state index in [0.29, 0.717) is 6.54 Å². The summed E-state index contributed by atoms with van der Waals surface area (Å²) < 4.78 is 11.9. The summed E-state index contributed by atoms with van der Waals surface area (Å²) in [7, 11) is 1.24. The van der Waals surface area contributed by atoms with E-state index in [2.05, 4.69) is 16.0 Å². The standard InChI is InChI=1S/C23H19N3O5/c1-4-11-25-14(2)17(16-7-5-6-8-19(16)25)12-18-21(27)26(23(29)24-18)13-15-9-10-20(31-15)22(28)30-3/h1,5-10,12H,11,13H2,2-3H3,(H,24,29)/b18-12-. The van der Waals surface area contributed by atoms with Crippen LogP contribution >= 0.6 is 0 Å². The molecule has 1 N–H and O–H groups in total. The number of para-hydroxylation sites is 1. The molecule has 3 aromatic rings. The number of imide groups is 1. The molecule has 8 nitrogen and oxygen atoms in total. The molecule has 4 rings (SSSR count). The Morgan fingerprint density at radius 2 is 2.03 bits per heavy atom. The Morgan fingerprint density at radius 1 is 1.26 bits per heavy atom. The summed E-state index contributed by atoms with van der Waals surface area (Å²) in [5.41, 5.74) is 2.80. The first-order valence-corrected chi connectivity index (χ1v) is 9.47. The molecule has 0 saturated carbocycles. The predicted octanol–water partition coefficient (Wildman–Crippen LogP) is 3.06. The number of hydrogen-bond donors (Lipinski definition) is 1. The van der Waals surface area contributed by atoms with Crippen LogP contribution in [0.5, 0.6) is 0 Å².